The molecule has 1 saturated heterocycles. The number of rotatable bonds is 5. The van der Waals surface area contributed by atoms with Gasteiger partial charge in [0.1, 0.15) is 0 Å². The van der Waals surface area contributed by atoms with Crippen LogP contribution in [0.15, 0.2) is 30.3 Å². The van der Waals surface area contributed by atoms with Crippen molar-refractivity contribution < 1.29 is 0 Å². The van der Waals surface area contributed by atoms with Gasteiger partial charge in [0.05, 0.1) is 0 Å². The summed E-state index contributed by atoms with van der Waals surface area (Å²) in [5.74, 6) is 0. The van der Waals surface area contributed by atoms with Crippen LogP contribution in [0.1, 0.15) is 33.1 Å². The van der Waals surface area contributed by atoms with Gasteiger partial charge in [0, 0.05) is 24.3 Å². The summed E-state index contributed by atoms with van der Waals surface area (Å²) in [6.07, 6.45) is 3.85. The Morgan fingerprint density at radius 1 is 1.24 bits per heavy atom. The van der Waals surface area contributed by atoms with E-state index in [1.165, 1.54) is 31.5 Å². The molecule has 1 unspecified atom stereocenters. The van der Waals surface area contributed by atoms with E-state index in [-0.39, 0.29) is 0 Å². The molecule has 1 fully saturated rings. The predicted octanol–water partition coefficient (Wildman–Crippen LogP) is 3.05. The highest BCUT2D eigenvalue weighted by molar-refractivity contribution is 5.46. The summed E-state index contributed by atoms with van der Waals surface area (Å²) in [6.45, 7) is 7.93. The molecule has 0 aromatic heterocycles. The number of benzene rings is 1. The smallest absolute Gasteiger partial charge is 0.0366 e. The van der Waals surface area contributed by atoms with Gasteiger partial charge in [-0.05, 0) is 44.9 Å². The molecule has 2 heteroatoms. The van der Waals surface area contributed by atoms with Gasteiger partial charge in [0.15, 0.2) is 0 Å². The van der Waals surface area contributed by atoms with Crippen molar-refractivity contribution in [1.82, 2.24) is 5.32 Å². The minimum Gasteiger partial charge on any atom is -0.370 e. The summed E-state index contributed by atoms with van der Waals surface area (Å²) in [4.78, 5) is 2.49. The molecule has 94 valence electrons. The van der Waals surface area contributed by atoms with Gasteiger partial charge in [-0.15, -0.1) is 0 Å². The van der Waals surface area contributed by atoms with E-state index < -0.39 is 0 Å². The summed E-state index contributed by atoms with van der Waals surface area (Å²) in [7, 11) is 0. The van der Waals surface area contributed by atoms with Crippen LogP contribution in [0.4, 0.5) is 5.69 Å². The lowest BCUT2D eigenvalue weighted by Crippen LogP contribution is -2.49. The van der Waals surface area contributed by atoms with Gasteiger partial charge in [-0.25, -0.2) is 0 Å². The Morgan fingerprint density at radius 2 is 2.00 bits per heavy atom. The molecule has 17 heavy (non-hydrogen) atoms. The standard InChI is InChI=1S/C15H24N2/c1-3-15(11-8-12-16-15)13-17(4-2)14-9-6-5-7-10-14/h5-7,9-10,16H,3-4,8,11-13H2,1-2H3. The molecular formula is C15H24N2. The molecule has 0 radical (unpaired) electrons. The van der Waals surface area contributed by atoms with E-state index >= 15 is 0 Å². The molecule has 2 rings (SSSR count). The lowest BCUT2D eigenvalue weighted by atomic mass is 9.93. The maximum atomic E-state index is 3.71. The second-order valence-electron chi connectivity index (χ2n) is 5.01. The third-order valence-electron chi connectivity index (χ3n) is 4.01. The average Bonchev–Trinajstić information content (AvgIpc) is 2.86. The molecule has 1 aliphatic rings. The molecule has 1 aromatic carbocycles. The van der Waals surface area contributed by atoms with Gasteiger partial charge in [-0.3, -0.25) is 0 Å². The van der Waals surface area contributed by atoms with Crippen LogP contribution < -0.4 is 10.2 Å². The van der Waals surface area contributed by atoms with Crippen molar-refractivity contribution in [2.75, 3.05) is 24.5 Å². The zero-order chi connectivity index (χ0) is 12.1. The van der Waals surface area contributed by atoms with Crippen molar-refractivity contribution in [3.63, 3.8) is 0 Å². The van der Waals surface area contributed by atoms with E-state index in [0.717, 1.165) is 13.1 Å². The normalized spacial score (nSPS) is 23.9. The Hall–Kier alpha value is -1.02. The third kappa shape index (κ3) is 2.81. The Bertz CT molecular complexity index is 328. The van der Waals surface area contributed by atoms with Crippen molar-refractivity contribution >= 4 is 5.69 Å². The SMILES string of the molecule is CCN(CC1(CC)CCCN1)c1ccccc1. The summed E-state index contributed by atoms with van der Waals surface area (Å²) >= 11 is 0. The van der Waals surface area contributed by atoms with E-state index in [9.17, 15) is 0 Å². The fourth-order valence-corrected chi connectivity index (χ4v) is 2.81. The monoisotopic (exact) mass is 232 g/mol. The number of hydrogen-bond donors (Lipinski definition) is 1. The van der Waals surface area contributed by atoms with Crippen LogP contribution in [0.3, 0.4) is 0 Å². The van der Waals surface area contributed by atoms with Crippen LogP contribution in [0.5, 0.6) is 0 Å². The van der Waals surface area contributed by atoms with Crippen molar-refractivity contribution in [2.24, 2.45) is 0 Å². The van der Waals surface area contributed by atoms with Crippen molar-refractivity contribution in [1.29, 1.82) is 0 Å². The summed E-state index contributed by atoms with van der Waals surface area (Å²) in [6, 6.07) is 10.8. The van der Waals surface area contributed by atoms with Crippen LogP contribution >= 0.6 is 0 Å². The molecular weight excluding hydrogens is 208 g/mol. The summed E-state index contributed by atoms with van der Waals surface area (Å²) in [5.41, 5.74) is 1.68. The van der Waals surface area contributed by atoms with Gasteiger partial charge < -0.3 is 10.2 Å². The lowest BCUT2D eigenvalue weighted by molar-refractivity contribution is 0.363. The number of hydrogen-bond acceptors (Lipinski definition) is 2. The Kier molecular flexibility index (Phi) is 4.06. The Labute approximate surface area is 105 Å². The first-order chi connectivity index (χ1) is 8.29. The minimum absolute atomic E-state index is 0.339. The number of nitrogens with zero attached hydrogens (tertiary/aromatic N) is 1. The Morgan fingerprint density at radius 3 is 2.53 bits per heavy atom. The molecule has 0 spiro atoms. The number of para-hydroxylation sites is 1. The maximum Gasteiger partial charge on any atom is 0.0366 e. The number of likely N-dealkylation sites (N-methyl/N-ethyl adjacent to an activating group) is 1. The first-order valence-electron chi connectivity index (χ1n) is 6.85. The first-order valence-corrected chi connectivity index (χ1v) is 6.85. The molecule has 0 aliphatic carbocycles. The van der Waals surface area contributed by atoms with Crippen LogP contribution in [-0.2, 0) is 0 Å². The molecule has 0 saturated carbocycles. The first kappa shape index (κ1) is 12.4. The second kappa shape index (κ2) is 5.54. The van der Waals surface area contributed by atoms with Crippen LogP contribution in [0.2, 0.25) is 0 Å². The Balaban J connectivity index is 2.09. The number of anilines is 1. The third-order valence-corrected chi connectivity index (χ3v) is 4.01. The second-order valence-corrected chi connectivity index (χ2v) is 5.01. The lowest BCUT2D eigenvalue weighted by Gasteiger charge is -2.36. The van der Waals surface area contributed by atoms with Crippen LogP contribution in [0.25, 0.3) is 0 Å². The minimum atomic E-state index is 0.339. The zero-order valence-corrected chi connectivity index (χ0v) is 11.1. The van der Waals surface area contributed by atoms with Gasteiger partial charge >= 0.3 is 0 Å². The predicted molar refractivity (Wildman–Crippen MR) is 74.6 cm³/mol. The summed E-state index contributed by atoms with van der Waals surface area (Å²) < 4.78 is 0. The van der Waals surface area contributed by atoms with Crippen molar-refractivity contribution in [2.45, 2.75) is 38.6 Å². The van der Waals surface area contributed by atoms with E-state index in [1.54, 1.807) is 0 Å². The molecule has 1 N–H and O–H groups in total. The highest BCUT2D eigenvalue weighted by Gasteiger charge is 2.33. The fraction of sp³-hybridized carbons (Fsp3) is 0.600. The molecule has 0 bridgehead atoms. The molecule has 1 aromatic rings. The van der Waals surface area contributed by atoms with E-state index in [1.807, 2.05) is 0 Å². The van der Waals surface area contributed by atoms with E-state index in [0.29, 0.717) is 5.54 Å². The molecule has 0 amide bonds. The maximum absolute atomic E-state index is 3.71. The highest BCUT2D eigenvalue weighted by Crippen LogP contribution is 2.26. The van der Waals surface area contributed by atoms with Crippen molar-refractivity contribution in [3.05, 3.63) is 30.3 Å². The quantitative estimate of drug-likeness (QED) is 0.839. The molecule has 2 nitrogen and oxygen atoms in total. The topological polar surface area (TPSA) is 15.3 Å². The van der Waals surface area contributed by atoms with Gasteiger partial charge in [0.2, 0.25) is 0 Å². The van der Waals surface area contributed by atoms with Gasteiger partial charge in [-0.1, -0.05) is 25.1 Å². The number of nitrogens with one attached hydrogen (secondary N) is 1. The molecule has 1 atom stereocenters. The van der Waals surface area contributed by atoms with E-state index in [4.69, 9.17) is 0 Å². The highest BCUT2D eigenvalue weighted by atomic mass is 15.2. The largest absolute Gasteiger partial charge is 0.370 e. The average molecular weight is 232 g/mol. The zero-order valence-electron chi connectivity index (χ0n) is 11.1. The summed E-state index contributed by atoms with van der Waals surface area (Å²) in [5, 5.41) is 3.71. The van der Waals surface area contributed by atoms with Crippen LogP contribution in [-0.4, -0.2) is 25.2 Å². The fourth-order valence-electron chi connectivity index (χ4n) is 2.81. The van der Waals surface area contributed by atoms with E-state index in [2.05, 4.69) is 54.4 Å². The van der Waals surface area contributed by atoms with Crippen molar-refractivity contribution in [3.8, 4) is 0 Å². The van der Waals surface area contributed by atoms with Crippen LogP contribution in [0, 0.1) is 0 Å². The molecule has 1 heterocycles. The van der Waals surface area contributed by atoms with Gasteiger partial charge in [0.25, 0.3) is 0 Å². The van der Waals surface area contributed by atoms with Gasteiger partial charge in [-0.2, -0.15) is 0 Å². The molecule has 1 aliphatic heterocycles.